The van der Waals surface area contributed by atoms with E-state index in [9.17, 15) is 20.1 Å². The van der Waals surface area contributed by atoms with Gasteiger partial charge in [0.25, 0.3) is 0 Å². The first-order valence-corrected chi connectivity index (χ1v) is 15.7. The Hall–Kier alpha value is -0.770. The normalized spacial score (nSPS) is 32.5. The summed E-state index contributed by atoms with van der Waals surface area (Å²) in [5.74, 6) is 0.313. The van der Waals surface area contributed by atoms with Crippen LogP contribution in [0.5, 0.6) is 0 Å². The van der Waals surface area contributed by atoms with Crippen molar-refractivity contribution in [3.05, 3.63) is 11.5 Å². The topological polar surface area (TPSA) is 141 Å². The lowest BCUT2D eigenvalue weighted by Gasteiger charge is -2.44. The van der Waals surface area contributed by atoms with Gasteiger partial charge in [0.15, 0.2) is 9.49 Å². The number of halogens is 1. The molecule has 9 atom stereocenters. The second-order valence-corrected chi connectivity index (χ2v) is 13.6. The Bertz CT molecular complexity index is 1080. The van der Waals surface area contributed by atoms with Crippen LogP contribution in [0.25, 0.3) is 10.3 Å². The fourth-order valence-corrected chi connectivity index (χ4v) is 8.38. The molecule has 10 nitrogen and oxygen atoms in total. The third kappa shape index (κ3) is 6.36. The minimum absolute atomic E-state index is 0.145. The summed E-state index contributed by atoms with van der Waals surface area (Å²) >= 11 is 10.2. The Labute approximate surface area is 233 Å². The van der Waals surface area contributed by atoms with Gasteiger partial charge in [-0.1, -0.05) is 55.0 Å². The van der Waals surface area contributed by atoms with E-state index in [4.69, 9.17) is 16.3 Å². The van der Waals surface area contributed by atoms with Crippen LogP contribution in [0.15, 0.2) is 10.7 Å². The zero-order chi connectivity index (χ0) is 26.9. The van der Waals surface area contributed by atoms with Crippen molar-refractivity contribution in [1.29, 1.82) is 0 Å². The van der Waals surface area contributed by atoms with E-state index in [1.807, 2.05) is 14.0 Å². The lowest BCUT2D eigenvalue weighted by molar-refractivity contribution is -0.205. The number of nitrogens with one attached hydrogen (secondary N) is 1. The van der Waals surface area contributed by atoms with Gasteiger partial charge in [-0.25, -0.2) is 15.0 Å². The van der Waals surface area contributed by atoms with Crippen molar-refractivity contribution in [3.8, 4) is 0 Å². The van der Waals surface area contributed by atoms with Gasteiger partial charge in [-0.15, -0.1) is 11.8 Å². The maximum atomic E-state index is 13.5. The molecule has 0 aromatic carbocycles. The molecular formula is C23H34ClN5O5S3. The highest BCUT2D eigenvalue weighted by Gasteiger charge is 2.49. The molecule has 4 N–H and O–H groups in total. The predicted molar refractivity (Wildman–Crippen MR) is 147 cm³/mol. The molecule has 4 rings (SSSR count). The number of ether oxygens (including phenoxy) is 1. The van der Waals surface area contributed by atoms with Gasteiger partial charge in [-0.2, -0.15) is 0 Å². The molecule has 37 heavy (non-hydrogen) atoms. The summed E-state index contributed by atoms with van der Waals surface area (Å²) < 4.78 is 6.76. The molecule has 0 saturated carbocycles. The third-order valence-electron chi connectivity index (χ3n) is 7.06. The van der Waals surface area contributed by atoms with E-state index in [0.717, 1.165) is 25.8 Å². The van der Waals surface area contributed by atoms with Crippen molar-refractivity contribution in [1.82, 2.24) is 25.2 Å². The quantitative estimate of drug-likeness (QED) is 0.251. The fourth-order valence-electron chi connectivity index (χ4n) is 5.11. The van der Waals surface area contributed by atoms with Crippen LogP contribution in [0.1, 0.15) is 33.1 Å². The molecule has 4 unspecified atom stereocenters. The monoisotopic (exact) mass is 591 g/mol. The first-order valence-electron chi connectivity index (χ1n) is 12.3. The van der Waals surface area contributed by atoms with Gasteiger partial charge in [0.2, 0.25) is 5.91 Å². The molecule has 206 valence electrons. The summed E-state index contributed by atoms with van der Waals surface area (Å²) in [5, 5.41) is 35.0. The average Bonchev–Trinajstić information content (AvgIpc) is 3.45. The second kappa shape index (κ2) is 12.6. The van der Waals surface area contributed by atoms with Crippen molar-refractivity contribution in [2.75, 3.05) is 19.8 Å². The number of nitrogens with zero attached hydrogens (tertiary/aromatic N) is 4. The number of hydrogen-bond acceptors (Lipinski definition) is 12. The minimum Gasteiger partial charge on any atom is -0.388 e. The molecule has 0 spiro atoms. The molecule has 0 aliphatic carbocycles. The lowest BCUT2D eigenvalue weighted by atomic mass is 9.92. The Kier molecular flexibility index (Phi) is 9.95. The van der Waals surface area contributed by atoms with Crippen molar-refractivity contribution in [3.63, 3.8) is 0 Å². The first-order chi connectivity index (χ1) is 17.6. The molecule has 2 aromatic heterocycles. The van der Waals surface area contributed by atoms with E-state index >= 15 is 0 Å². The molecule has 1 amide bonds. The highest BCUT2D eigenvalue weighted by atomic mass is 35.5. The average molecular weight is 592 g/mol. The van der Waals surface area contributed by atoms with Crippen LogP contribution < -0.4 is 5.32 Å². The van der Waals surface area contributed by atoms with E-state index in [0.29, 0.717) is 20.6 Å². The largest absolute Gasteiger partial charge is 0.388 e. The van der Waals surface area contributed by atoms with Gasteiger partial charge in [0.05, 0.1) is 12.1 Å². The summed E-state index contributed by atoms with van der Waals surface area (Å²) in [7, 11) is 1.95. The summed E-state index contributed by atoms with van der Waals surface area (Å²) in [5.41, 5.74) is -0.242. The lowest BCUT2D eigenvalue weighted by Crippen LogP contribution is -2.65. The zero-order valence-corrected chi connectivity index (χ0v) is 24.4. The number of rotatable bonds is 9. The van der Waals surface area contributed by atoms with Gasteiger partial charge in [-0.05, 0) is 32.1 Å². The van der Waals surface area contributed by atoms with Crippen LogP contribution in [-0.2, 0) is 9.53 Å². The third-order valence-corrected chi connectivity index (χ3v) is 10.4. The molecule has 2 saturated heterocycles. The molecule has 0 radical (unpaired) electrons. The second-order valence-electron chi connectivity index (χ2n) is 9.68. The van der Waals surface area contributed by atoms with Crippen molar-refractivity contribution >= 4 is 62.7 Å². The number of carbonyl (C=O) groups excluding carboxylic acids is 1. The Morgan fingerprint density at radius 3 is 2.76 bits per heavy atom. The molecule has 2 aliphatic heterocycles. The number of thiazole rings is 1. The maximum Gasteiger partial charge on any atom is 0.237 e. The van der Waals surface area contributed by atoms with Crippen molar-refractivity contribution < 1.29 is 24.9 Å². The molecule has 2 fully saturated rings. The standard InChI is InChI=1S/C23H34ClN5O5S3/c1-5-6-11-7-12(29(3)8-11)20(33)27-13(18-16(31)15(30)17(32)22(34-18)35-4)10(2)36-23-28-14-19(24)25-9-26-21(14)37-23/h9-13,15-18,22,30-32H,5-8H2,1-4H3,(H,27,33)/t10-,11-,12-,13+,15?,16?,17+,18?,22?/m1/s1. The number of carbonyl (C=O) groups is 1. The summed E-state index contributed by atoms with van der Waals surface area (Å²) in [6.07, 6.45) is 1.05. The molecule has 14 heteroatoms. The molecule has 2 aliphatic rings. The van der Waals surface area contributed by atoms with Gasteiger partial charge in [0.1, 0.15) is 46.5 Å². The van der Waals surface area contributed by atoms with Crippen molar-refractivity contribution in [2.45, 2.75) is 84.6 Å². The van der Waals surface area contributed by atoms with Crippen LogP contribution in [0, 0.1) is 5.92 Å². The number of aromatic nitrogens is 3. The zero-order valence-electron chi connectivity index (χ0n) is 21.2. The number of aliphatic hydroxyl groups excluding tert-OH is 3. The van der Waals surface area contributed by atoms with Crippen LogP contribution in [0.2, 0.25) is 5.15 Å². The van der Waals surface area contributed by atoms with E-state index < -0.39 is 35.9 Å². The molecule has 4 heterocycles. The van der Waals surface area contributed by atoms with Gasteiger partial charge in [0, 0.05) is 11.8 Å². The SMILES string of the molecule is CCC[C@@H]1C[C@H](C(=O)N[C@H](C2OC(SC)[C@@H](O)C(O)C2O)[C@@H](C)Sc2nc3c(Cl)ncnc3s2)N(C)C1. The number of amides is 1. The molecule has 2 aromatic rings. The molecule has 0 bridgehead atoms. The number of aliphatic hydroxyl groups is 3. The Morgan fingerprint density at radius 1 is 1.32 bits per heavy atom. The van der Waals surface area contributed by atoms with E-state index in [-0.39, 0.29) is 22.4 Å². The van der Waals surface area contributed by atoms with Crippen LogP contribution in [0.4, 0.5) is 0 Å². The van der Waals surface area contributed by atoms with Gasteiger partial charge < -0.3 is 25.4 Å². The van der Waals surface area contributed by atoms with E-state index in [2.05, 4.69) is 32.1 Å². The van der Waals surface area contributed by atoms with Crippen LogP contribution in [0.3, 0.4) is 0 Å². The number of thioether (sulfide) groups is 2. The number of likely N-dealkylation sites (tertiary alicyclic amines) is 1. The number of likely N-dealkylation sites (N-methyl/N-ethyl adjacent to an activating group) is 1. The number of fused-ring (bicyclic) bond motifs is 1. The summed E-state index contributed by atoms with van der Waals surface area (Å²) in [4.78, 5) is 29.0. The van der Waals surface area contributed by atoms with Crippen LogP contribution in [-0.4, -0.2) is 108 Å². The fraction of sp³-hybridized carbons (Fsp3) is 0.739. The maximum absolute atomic E-state index is 13.5. The number of hydrogen-bond donors (Lipinski definition) is 4. The Balaban J connectivity index is 1.58. The van der Waals surface area contributed by atoms with Crippen molar-refractivity contribution in [2.24, 2.45) is 5.92 Å². The highest BCUT2D eigenvalue weighted by Crippen LogP contribution is 2.37. The van der Waals surface area contributed by atoms with Crippen LogP contribution >= 0.6 is 46.5 Å². The summed E-state index contributed by atoms with van der Waals surface area (Å²) in [6, 6.07) is -0.975. The minimum atomic E-state index is -1.41. The van der Waals surface area contributed by atoms with Gasteiger partial charge >= 0.3 is 0 Å². The summed E-state index contributed by atoms with van der Waals surface area (Å²) in [6.45, 7) is 4.91. The Morgan fingerprint density at radius 2 is 2.08 bits per heavy atom. The predicted octanol–water partition coefficient (Wildman–Crippen LogP) is 2.00. The highest BCUT2D eigenvalue weighted by molar-refractivity contribution is 8.01. The van der Waals surface area contributed by atoms with Gasteiger partial charge in [-0.3, -0.25) is 9.69 Å². The first kappa shape index (κ1) is 29.2. The van der Waals surface area contributed by atoms with E-state index in [1.54, 1.807) is 6.26 Å². The molecular weight excluding hydrogens is 558 g/mol. The van der Waals surface area contributed by atoms with E-state index in [1.165, 1.54) is 41.2 Å². The smallest absolute Gasteiger partial charge is 0.237 e.